The van der Waals surface area contributed by atoms with Crippen LogP contribution in [0.25, 0.3) is 12.2 Å². The number of carbonyl (C=O) groups excluding carboxylic acids is 1. The minimum atomic E-state index is -3.86. The highest BCUT2D eigenvalue weighted by Gasteiger charge is 2.38. The number of sulfonamides is 1. The monoisotopic (exact) mass is 499 g/mol. The maximum absolute atomic E-state index is 13.7. The summed E-state index contributed by atoms with van der Waals surface area (Å²) in [6.07, 6.45) is 10.5. The maximum Gasteiger partial charge on any atom is 0.248 e. The molecular formula is C27H37N3O4S. The Bertz CT molecular complexity index is 1200. The third kappa shape index (κ3) is 5.54. The van der Waals surface area contributed by atoms with Gasteiger partial charge in [-0.2, -0.15) is 4.31 Å². The molecule has 2 aromatic rings. The highest BCUT2D eigenvalue weighted by atomic mass is 32.2. The Labute approximate surface area is 209 Å². The minimum absolute atomic E-state index is 0.0638. The normalized spacial score (nSPS) is 20.4. The van der Waals surface area contributed by atoms with Crippen molar-refractivity contribution in [3.05, 3.63) is 46.3 Å². The minimum Gasteiger partial charge on any atom is -0.355 e. The Balaban J connectivity index is 1.54. The molecular weight excluding hydrogens is 462 g/mol. The summed E-state index contributed by atoms with van der Waals surface area (Å²) >= 11 is 0. The maximum atomic E-state index is 13.7. The van der Waals surface area contributed by atoms with Crippen molar-refractivity contribution < 1.29 is 17.7 Å². The molecule has 1 aliphatic carbocycles. The standard InChI is InChI=1S/C27H37N3O4S/c1-19-12-13-20(2)22(17-19)14-15-25-26(21(3)28-34-25)35(32,33)30-16-8-9-23(18-30)27(31)29(4)24-10-6-5-7-11-24/h12-15,17,23-24H,5-11,16,18H2,1-4H3/b15-14+. The molecule has 7 nitrogen and oxygen atoms in total. The van der Waals surface area contributed by atoms with Crippen molar-refractivity contribution in [2.45, 2.75) is 76.7 Å². The number of aryl methyl sites for hydroxylation is 3. The van der Waals surface area contributed by atoms with Crippen LogP contribution in [0.1, 0.15) is 73.1 Å². The van der Waals surface area contributed by atoms with E-state index in [0.29, 0.717) is 25.1 Å². The van der Waals surface area contributed by atoms with E-state index in [4.69, 9.17) is 4.52 Å². The van der Waals surface area contributed by atoms with Crippen molar-refractivity contribution in [2.75, 3.05) is 20.1 Å². The molecule has 1 saturated carbocycles. The number of piperidine rings is 1. The van der Waals surface area contributed by atoms with Crippen LogP contribution in [0.2, 0.25) is 0 Å². The number of amides is 1. The van der Waals surface area contributed by atoms with Crippen molar-refractivity contribution in [1.29, 1.82) is 0 Å². The molecule has 2 heterocycles. The smallest absolute Gasteiger partial charge is 0.248 e. The molecule has 2 aliphatic rings. The van der Waals surface area contributed by atoms with Crippen LogP contribution in [0.3, 0.4) is 0 Å². The summed E-state index contributed by atoms with van der Waals surface area (Å²) in [4.78, 5) is 15.2. The van der Waals surface area contributed by atoms with E-state index in [2.05, 4.69) is 5.16 Å². The fraction of sp³-hybridized carbons (Fsp3) is 0.556. The van der Waals surface area contributed by atoms with Gasteiger partial charge in [-0.3, -0.25) is 4.79 Å². The van der Waals surface area contributed by atoms with Crippen molar-refractivity contribution >= 4 is 28.1 Å². The molecule has 0 spiro atoms. The fourth-order valence-electron chi connectivity index (χ4n) is 5.33. The first-order valence-electron chi connectivity index (χ1n) is 12.7. The second-order valence-corrected chi connectivity index (χ2v) is 12.0. The zero-order chi connectivity index (χ0) is 25.2. The van der Waals surface area contributed by atoms with Gasteiger partial charge in [0.25, 0.3) is 0 Å². The van der Waals surface area contributed by atoms with Crippen LogP contribution in [0, 0.1) is 26.7 Å². The average Bonchev–Trinajstić information content (AvgIpc) is 3.25. The number of hydrogen-bond acceptors (Lipinski definition) is 5. The molecule has 8 heteroatoms. The molecule has 1 saturated heterocycles. The highest BCUT2D eigenvalue weighted by Crippen LogP contribution is 2.31. The van der Waals surface area contributed by atoms with Gasteiger partial charge in [0.2, 0.25) is 15.9 Å². The van der Waals surface area contributed by atoms with Gasteiger partial charge in [0.15, 0.2) is 10.7 Å². The van der Waals surface area contributed by atoms with Crippen LogP contribution in [0.15, 0.2) is 27.6 Å². The Morgan fingerprint density at radius 2 is 1.83 bits per heavy atom. The number of carbonyl (C=O) groups is 1. The van der Waals surface area contributed by atoms with Crippen molar-refractivity contribution in [2.24, 2.45) is 5.92 Å². The van der Waals surface area contributed by atoms with Gasteiger partial charge < -0.3 is 9.42 Å². The van der Waals surface area contributed by atoms with E-state index in [1.165, 1.54) is 10.7 Å². The molecule has 190 valence electrons. The van der Waals surface area contributed by atoms with Gasteiger partial charge >= 0.3 is 0 Å². The molecule has 0 bridgehead atoms. The van der Waals surface area contributed by atoms with Gasteiger partial charge in [0.1, 0.15) is 5.69 Å². The molecule has 0 radical (unpaired) electrons. The molecule has 4 rings (SSSR count). The van der Waals surface area contributed by atoms with Crippen LogP contribution in [-0.4, -0.2) is 54.9 Å². The van der Waals surface area contributed by atoms with E-state index in [1.807, 2.05) is 50.1 Å². The number of aromatic nitrogens is 1. The third-order valence-corrected chi connectivity index (χ3v) is 9.51. The van der Waals surface area contributed by atoms with Gasteiger partial charge in [0, 0.05) is 26.2 Å². The van der Waals surface area contributed by atoms with Gasteiger partial charge in [-0.25, -0.2) is 8.42 Å². The molecule has 1 atom stereocenters. The molecule has 1 aromatic heterocycles. The lowest BCUT2D eigenvalue weighted by Crippen LogP contribution is -2.48. The number of hydrogen-bond donors (Lipinski definition) is 0. The second kappa shape index (κ2) is 10.7. The lowest BCUT2D eigenvalue weighted by atomic mass is 9.92. The largest absolute Gasteiger partial charge is 0.355 e. The van der Waals surface area contributed by atoms with Gasteiger partial charge in [-0.15, -0.1) is 0 Å². The molecule has 1 amide bonds. The molecule has 1 unspecified atom stereocenters. The van der Waals surface area contributed by atoms with Crippen LogP contribution in [0.5, 0.6) is 0 Å². The van der Waals surface area contributed by atoms with Gasteiger partial charge in [-0.05, 0) is 63.7 Å². The van der Waals surface area contributed by atoms with E-state index in [1.54, 1.807) is 13.0 Å². The summed E-state index contributed by atoms with van der Waals surface area (Å²) < 4.78 is 34.3. The average molecular weight is 500 g/mol. The van der Waals surface area contributed by atoms with Gasteiger partial charge in [0.05, 0.1) is 5.92 Å². The van der Waals surface area contributed by atoms with Crippen LogP contribution < -0.4 is 0 Å². The molecule has 1 aliphatic heterocycles. The quantitative estimate of drug-likeness (QED) is 0.561. The fourth-order valence-corrected chi connectivity index (χ4v) is 7.11. The van der Waals surface area contributed by atoms with Crippen LogP contribution in [0.4, 0.5) is 0 Å². The Morgan fingerprint density at radius 1 is 1.09 bits per heavy atom. The molecule has 2 fully saturated rings. The topological polar surface area (TPSA) is 83.7 Å². The summed E-state index contributed by atoms with van der Waals surface area (Å²) in [7, 11) is -1.98. The lowest BCUT2D eigenvalue weighted by Gasteiger charge is -2.37. The molecule has 1 aromatic carbocycles. The van der Waals surface area contributed by atoms with E-state index in [-0.39, 0.29) is 35.1 Å². The van der Waals surface area contributed by atoms with E-state index >= 15 is 0 Å². The number of rotatable bonds is 6. The summed E-state index contributed by atoms with van der Waals surface area (Å²) in [5.41, 5.74) is 3.54. The van der Waals surface area contributed by atoms with Crippen LogP contribution >= 0.6 is 0 Å². The number of benzene rings is 1. The second-order valence-electron chi connectivity index (χ2n) is 10.1. The number of nitrogens with zero attached hydrogens (tertiary/aromatic N) is 3. The SMILES string of the molecule is Cc1ccc(C)c(/C=C/c2onc(C)c2S(=O)(=O)N2CCCC(C(=O)N(C)C3CCCCC3)C2)c1. The summed E-state index contributed by atoms with van der Waals surface area (Å²) in [5.74, 6) is -0.0374. The zero-order valence-electron chi connectivity index (χ0n) is 21.3. The van der Waals surface area contributed by atoms with Crippen molar-refractivity contribution in [3.8, 4) is 0 Å². The predicted molar refractivity (Wildman–Crippen MR) is 137 cm³/mol. The summed E-state index contributed by atoms with van der Waals surface area (Å²) in [6.45, 7) is 6.27. The predicted octanol–water partition coefficient (Wildman–Crippen LogP) is 4.96. The van der Waals surface area contributed by atoms with E-state index in [0.717, 1.165) is 42.4 Å². The van der Waals surface area contributed by atoms with E-state index in [9.17, 15) is 13.2 Å². The third-order valence-electron chi connectivity index (χ3n) is 7.48. The lowest BCUT2D eigenvalue weighted by molar-refractivity contribution is -0.138. The summed E-state index contributed by atoms with van der Waals surface area (Å²) in [6, 6.07) is 6.40. The van der Waals surface area contributed by atoms with Crippen molar-refractivity contribution in [3.63, 3.8) is 0 Å². The first-order chi connectivity index (χ1) is 16.7. The molecule has 0 N–H and O–H groups in total. The van der Waals surface area contributed by atoms with E-state index < -0.39 is 10.0 Å². The molecule has 35 heavy (non-hydrogen) atoms. The zero-order valence-corrected chi connectivity index (χ0v) is 22.1. The Morgan fingerprint density at radius 3 is 2.57 bits per heavy atom. The van der Waals surface area contributed by atoms with Crippen LogP contribution in [-0.2, 0) is 14.8 Å². The first-order valence-corrected chi connectivity index (χ1v) is 14.1. The highest BCUT2D eigenvalue weighted by molar-refractivity contribution is 7.89. The van der Waals surface area contributed by atoms with Crippen molar-refractivity contribution in [1.82, 2.24) is 14.4 Å². The Kier molecular flexibility index (Phi) is 7.81. The first kappa shape index (κ1) is 25.6. The Hall–Kier alpha value is -2.45. The van der Waals surface area contributed by atoms with Gasteiger partial charge in [-0.1, -0.05) is 54.3 Å². The summed E-state index contributed by atoms with van der Waals surface area (Å²) in [5, 5.41) is 3.97.